The van der Waals surface area contributed by atoms with Gasteiger partial charge in [-0.25, -0.2) is 0 Å². The standard InChI is InChI=1S/C12H17N/c1-9-7-12(5-4-6-13)8-10(2)11(9)3/h4-5,7-8H,6,13H2,1-3H3/b5-4+. The average molecular weight is 175 g/mol. The number of aryl methyl sites for hydroxylation is 2. The van der Waals surface area contributed by atoms with Gasteiger partial charge in [0.2, 0.25) is 0 Å². The molecule has 2 N–H and O–H groups in total. The Hall–Kier alpha value is -1.08. The highest BCUT2D eigenvalue weighted by atomic mass is 14.5. The van der Waals surface area contributed by atoms with Crippen molar-refractivity contribution in [3.8, 4) is 0 Å². The summed E-state index contributed by atoms with van der Waals surface area (Å²) >= 11 is 0. The van der Waals surface area contributed by atoms with Gasteiger partial charge in [0, 0.05) is 6.54 Å². The molecule has 1 aromatic carbocycles. The maximum absolute atomic E-state index is 5.40. The third-order valence-electron chi connectivity index (χ3n) is 2.40. The summed E-state index contributed by atoms with van der Waals surface area (Å²) in [6, 6.07) is 4.38. The van der Waals surface area contributed by atoms with E-state index in [0.29, 0.717) is 6.54 Å². The molecule has 13 heavy (non-hydrogen) atoms. The summed E-state index contributed by atoms with van der Waals surface area (Å²) in [6.45, 7) is 7.04. The molecule has 0 saturated heterocycles. The molecule has 0 aromatic heterocycles. The second-order valence-electron chi connectivity index (χ2n) is 3.42. The van der Waals surface area contributed by atoms with Crippen LogP contribution in [0, 0.1) is 20.8 Å². The molecule has 0 saturated carbocycles. The van der Waals surface area contributed by atoms with E-state index in [1.165, 1.54) is 22.3 Å². The summed E-state index contributed by atoms with van der Waals surface area (Å²) in [5, 5.41) is 0. The first-order chi connectivity index (χ1) is 6.15. The Morgan fingerprint density at radius 3 is 2.15 bits per heavy atom. The predicted octanol–water partition coefficient (Wildman–Crippen LogP) is 2.58. The Labute approximate surface area is 80.3 Å². The van der Waals surface area contributed by atoms with Crippen LogP contribution in [0.25, 0.3) is 6.08 Å². The van der Waals surface area contributed by atoms with Crippen LogP contribution in [0.4, 0.5) is 0 Å². The summed E-state index contributed by atoms with van der Waals surface area (Å²) in [7, 11) is 0. The molecule has 1 rings (SSSR count). The first-order valence-corrected chi connectivity index (χ1v) is 4.59. The van der Waals surface area contributed by atoms with Crippen LogP contribution < -0.4 is 5.73 Å². The summed E-state index contributed by atoms with van der Waals surface area (Å²) in [5.74, 6) is 0. The maximum atomic E-state index is 5.40. The molecule has 1 heteroatoms. The lowest BCUT2D eigenvalue weighted by Crippen LogP contribution is -1.92. The Balaban J connectivity index is 3.06. The molecule has 0 amide bonds. The van der Waals surface area contributed by atoms with E-state index in [1.54, 1.807) is 0 Å². The summed E-state index contributed by atoms with van der Waals surface area (Å²) in [4.78, 5) is 0. The Morgan fingerprint density at radius 2 is 1.69 bits per heavy atom. The topological polar surface area (TPSA) is 26.0 Å². The average Bonchev–Trinajstić information content (AvgIpc) is 2.10. The molecule has 0 radical (unpaired) electrons. The van der Waals surface area contributed by atoms with Crippen LogP contribution in [-0.2, 0) is 0 Å². The van der Waals surface area contributed by atoms with E-state index in [0.717, 1.165) is 0 Å². The molecule has 0 aliphatic rings. The first kappa shape index (κ1) is 10.0. The van der Waals surface area contributed by atoms with E-state index >= 15 is 0 Å². The van der Waals surface area contributed by atoms with Crippen molar-refractivity contribution in [2.45, 2.75) is 20.8 Å². The van der Waals surface area contributed by atoms with Gasteiger partial charge in [0.25, 0.3) is 0 Å². The van der Waals surface area contributed by atoms with Crippen LogP contribution in [0.5, 0.6) is 0 Å². The van der Waals surface area contributed by atoms with E-state index in [4.69, 9.17) is 5.73 Å². The quantitative estimate of drug-likeness (QED) is 0.734. The molecular weight excluding hydrogens is 158 g/mol. The number of hydrogen-bond acceptors (Lipinski definition) is 1. The van der Waals surface area contributed by atoms with E-state index in [2.05, 4.69) is 39.0 Å². The molecule has 0 heterocycles. The molecule has 0 atom stereocenters. The van der Waals surface area contributed by atoms with Crippen molar-refractivity contribution >= 4 is 6.08 Å². The van der Waals surface area contributed by atoms with Crippen molar-refractivity contribution in [2.24, 2.45) is 5.73 Å². The molecule has 70 valence electrons. The van der Waals surface area contributed by atoms with Crippen LogP contribution in [0.2, 0.25) is 0 Å². The van der Waals surface area contributed by atoms with Gasteiger partial charge in [0.05, 0.1) is 0 Å². The smallest absolute Gasteiger partial charge is 0.0110 e. The SMILES string of the molecule is Cc1cc(/C=C/CN)cc(C)c1C. The molecule has 0 bridgehead atoms. The fourth-order valence-corrected chi connectivity index (χ4v) is 1.37. The Kier molecular flexibility index (Phi) is 3.26. The van der Waals surface area contributed by atoms with Crippen molar-refractivity contribution < 1.29 is 0 Å². The largest absolute Gasteiger partial charge is 0.327 e. The molecule has 0 unspecified atom stereocenters. The van der Waals surface area contributed by atoms with Crippen molar-refractivity contribution in [1.29, 1.82) is 0 Å². The molecule has 0 aliphatic heterocycles. The predicted molar refractivity (Wildman–Crippen MR) is 58.7 cm³/mol. The third kappa shape index (κ3) is 2.43. The Bertz CT molecular complexity index is 301. The van der Waals surface area contributed by atoms with E-state index < -0.39 is 0 Å². The van der Waals surface area contributed by atoms with Crippen LogP contribution in [0.3, 0.4) is 0 Å². The fourth-order valence-electron chi connectivity index (χ4n) is 1.37. The molecule has 0 spiro atoms. The second-order valence-corrected chi connectivity index (χ2v) is 3.42. The summed E-state index contributed by atoms with van der Waals surface area (Å²) < 4.78 is 0. The van der Waals surface area contributed by atoms with E-state index in [9.17, 15) is 0 Å². The molecule has 1 nitrogen and oxygen atoms in total. The lowest BCUT2D eigenvalue weighted by Gasteiger charge is -2.05. The van der Waals surface area contributed by atoms with Crippen molar-refractivity contribution in [3.05, 3.63) is 40.5 Å². The zero-order valence-corrected chi connectivity index (χ0v) is 8.59. The zero-order chi connectivity index (χ0) is 9.84. The molecule has 0 aliphatic carbocycles. The molecular formula is C12H17N. The minimum Gasteiger partial charge on any atom is -0.327 e. The number of rotatable bonds is 2. The highest BCUT2D eigenvalue weighted by Crippen LogP contribution is 2.16. The lowest BCUT2D eigenvalue weighted by atomic mass is 10.0. The lowest BCUT2D eigenvalue weighted by molar-refractivity contribution is 1.25. The number of benzene rings is 1. The van der Waals surface area contributed by atoms with Crippen LogP contribution in [0.1, 0.15) is 22.3 Å². The van der Waals surface area contributed by atoms with Gasteiger partial charge in [-0.2, -0.15) is 0 Å². The highest BCUT2D eigenvalue weighted by Gasteiger charge is 1.97. The summed E-state index contributed by atoms with van der Waals surface area (Å²) in [5.41, 5.74) is 10.7. The van der Waals surface area contributed by atoms with Gasteiger partial charge in [-0.3, -0.25) is 0 Å². The highest BCUT2D eigenvalue weighted by molar-refractivity contribution is 5.53. The second kappa shape index (κ2) is 4.24. The van der Waals surface area contributed by atoms with Gasteiger partial charge in [0.1, 0.15) is 0 Å². The minimum atomic E-state index is 0.603. The van der Waals surface area contributed by atoms with E-state index in [-0.39, 0.29) is 0 Å². The van der Waals surface area contributed by atoms with Gasteiger partial charge in [-0.1, -0.05) is 24.3 Å². The van der Waals surface area contributed by atoms with Gasteiger partial charge in [0.15, 0.2) is 0 Å². The minimum absolute atomic E-state index is 0.603. The first-order valence-electron chi connectivity index (χ1n) is 4.59. The van der Waals surface area contributed by atoms with Gasteiger partial charge in [-0.05, 0) is 43.0 Å². The monoisotopic (exact) mass is 175 g/mol. The van der Waals surface area contributed by atoms with Crippen LogP contribution in [-0.4, -0.2) is 6.54 Å². The maximum Gasteiger partial charge on any atom is 0.0110 e. The normalized spacial score (nSPS) is 11.1. The van der Waals surface area contributed by atoms with Crippen LogP contribution >= 0.6 is 0 Å². The van der Waals surface area contributed by atoms with E-state index in [1.807, 2.05) is 6.08 Å². The number of nitrogens with two attached hydrogens (primary N) is 1. The van der Waals surface area contributed by atoms with Crippen molar-refractivity contribution in [1.82, 2.24) is 0 Å². The fraction of sp³-hybridized carbons (Fsp3) is 0.333. The van der Waals surface area contributed by atoms with Crippen molar-refractivity contribution in [2.75, 3.05) is 6.54 Å². The zero-order valence-electron chi connectivity index (χ0n) is 8.59. The van der Waals surface area contributed by atoms with Gasteiger partial charge >= 0.3 is 0 Å². The molecule has 1 aromatic rings. The number of hydrogen-bond donors (Lipinski definition) is 1. The third-order valence-corrected chi connectivity index (χ3v) is 2.40. The van der Waals surface area contributed by atoms with Crippen molar-refractivity contribution in [3.63, 3.8) is 0 Å². The summed E-state index contributed by atoms with van der Waals surface area (Å²) in [6.07, 6.45) is 4.04. The van der Waals surface area contributed by atoms with Crippen LogP contribution in [0.15, 0.2) is 18.2 Å². The van der Waals surface area contributed by atoms with Gasteiger partial charge < -0.3 is 5.73 Å². The van der Waals surface area contributed by atoms with Gasteiger partial charge in [-0.15, -0.1) is 0 Å². The molecule has 0 fully saturated rings. The Morgan fingerprint density at radius 1 is 1.15 bits per heavy atom.